The van der Waals surface area contributed by atoms with Gasteiger partial charge < -0.3 is 0 Å². The van der Waals surface area contributed by atoms with Crippen molar-refractivity contribution in [3.05, 3.63) is 107 Å². The minimum absolute atomic E-state index is 0.196. The van der Waals surface area contributed by atoms with Crippen molar-refractivity contribution in [2.45, 2.75) is 29.5 Å². The van der Waals surface area contributed by atoms with Crippen molar-refractivity contribution in [1.29, 1.82) is 0 Å². The minimum Gasteiger partial charge on any atom is -0.298 e. The number of alkyl halides is 1. The number of carbonyl (C=O) groups is 1. The van der Waals surface area contributed by atoms with Gasteiger partial charge in [0.05, 0.1) is 4.83 Å². The largest absolute Gasteiger partial charge is 0.298 e. The van der Waals surface area contributed by atoms with E-state index in [1.54, 1.807) is 0 Å². The molecule has 0 saturated carbocycles. The van der Waals surface area contributed by atoms with Gasteiger partial charge in [-0.15, -0.1) is 0 Å². The molecule has 0 saturated heterocycles. The van der Waals surface area contributed by atoms with E-state index in [0.29, 0.717) is 6.42 Å². The molecule has 0 fully saturated rings. The van der Waals surface area contributed by atoms with Gasteiger partial charge in [0.2, 0.25) is 0 Å². The molecule has 0 heterocycles. The maximum absolute atomic E-state index is 12.9. The number of fused-ring (bicyclic) bond motifs is 1. The van der Waals surface area contributed by atoms with Gasteiger partial charge in [-0.1, -0.05) is 101 Å². The zero-order valence-corrected chi connectivity index (χ0v) is 16.2. The fraction of sp³-hybridized carbons (Fsp3) is 0.208. The van der Waals surface area contributed by atoms with Gasteiger partial charge in [-0.05, 0) is 35.1 Å². The molecule has 1 atom stereocenters. The number of hydrogen-bond acceptors (Lipinski definition) is 1. The van der Waals surface area contributed by atoms with Gasteiger partial charge in [0.1, 0.15) is 0 Å². The van der Waals surface area contributed by atoms with Gasteiger partial charge in [0, 0.05) is 11.8 Å². The third kappa shape index (κ3) is 3.26. The van der Waals surface area contributed by atoms with Gasteiger partial charge in [0.15, 0.2) is 5.78 Å². The molecule has 0 aromatic heterocycles. The standard InChI is InChI=1S/C24H21BrO/c25-23-20-13-7-8-14-21(20)24(17-22(23)26,15-18-9-3-1-4-10-18)16-19-11-5-2-6-12-19/h1-14,23H,15-17H2. The molecule has 130 valence electrons. The molecule has 3 aromatic carbocycles. The van der Waals surface area contributed by atoms with Crippen LogP contribution in [0.2, 0.25) is 0 Å². The van der Waals surface area contributed by atoms with Crippen molar-refractivity contribution in [2.75, 3.05) is 0 Å². The third-order valence-corrected chi connectivity index (χ3v) is 6.38. The zero-order valence-electron chi connectivity index (χ0n) is 14.6. The van der Waals surface area contributed by atoms with Crippen molar-refractivity contribution in [3.8, 4) is 0 Å². The fourth-order valence-corrected chi connectivity index (χ4v) is 4.81. The van der Waals surface area contributed by atoms with Crippen molar-refractivity contribution in [1.82, 2.24) is 0 Å². The Labute approximate surface area is 163 Å². The van der Waals surface area contributed by atoms with E-state index in [1.807, 2.05) is 18.2 Å². The summed E-state index contributed by atoms with van der Waals surface area (Å²) >= 11 is 3.63. The number of hydrogen-bond donors (Lipinski definition) is 0. The van der Waals surface area contributed by atoms with Gasteiger partial charge >= 0.3 is 0 Å². The number of ketones is 1. The van der Waals surface area contributed by atoms with Crippen LogP contribution in [0.25, 0.3) is 0 Å². The fourth-order valence-electron chi connectivity index (χ4n) is 4.24. The van der Waals surface area contributed by atoms with E-state index in [2.05, 4.69) is 82.7 Å². The smallest absolute Gasteiger partial charge is 0.151 e. The van der Waals surface area contributed by atoms with E-state index >= 15 is 0 Å². The van der Waals surface area contributed by atoms with Crippen LogP contribution in [0, 0.1) is 0 Å². The molecule has 0 N–H and O–H groups in total. The predicted molar refractivity (Wildman–Crippen MR) is 110 cm³/mol. The molecule has 1 aliphatic rings. The van der Waals surface area contributed by atoms with Crippen molar-refractivity contribution in [3.63, 3.8) is 0 Å². The van der Waals surface area contributed by atoms with Crippen LogP contribution < -0.4 is 0 Å². The molecule has 0 radical (unpaired) electrons. The quantitative estimate of drug-likeness (QED) is 0.500. The molecule has 1 nitrogen and oxygen atoms in total. The van der Waals surface area contributed by atoms with E-state index < -0.39 is 0 Å². The second-order valence-electron chi connectivity index (χ2n) is 7.20. The lowest BCUT2D eigenvalue weighted by molar-refractivity contribution is -0.120. The third-order valence-electron chi connectivity index (χ3n) is 5.37. The molecule has 0 aliphatic heterocycles. The van der Waals surface area contributed by atoms with Crippen LogP contribution in [-0.4, -0.2) is 5.78 Å². The zero-order chi connectivity index (χ0) is 18.0. The normalized spacial score (nSPS) is 18.3. The number of Topliss-reactive ketones (excluding diaryl/α,β-unsaturated/α-hetero) is 1. The summed E-state index contributed by atoms with van der Waals surface area (Å²) in [6.07, 6.45) is 2.29. The topological polar surface area (TPSA) is 17.1 Å². The van der Waals surface area contributed by atoms with Gasteiger partial charge in [0.25, 0.3) is 0 Å². The summed E-state index contributed by atoms with van der Waals surface area (Å²) in [7, 11) is 0. The first-order valence-corrected chi connectivity index (χ1v) is 9.94. The van der Waals surface area contributed by atoms with Crippen LogP contribution in [0.3, 0.4) is 0 Å². The first-order valence-electron chi connectivity index (χ1n) is 9.02. The van der Waals surface area contributed by atoms with Crippen LogP contribution in [0.15, 0.2) is 84.9 Å². The molecular formula is C24H21BrO. The van der Waals surface area contributed by atoms with Gasteiger partial charge in [-0.25, -0.2) is 0 Å². The highest BCUT2D eigenvalue weighted by Gasteiger charge is 2.43. The summed E-state index contributed by atoms with van der Waals surface area (Å²) in [6, 6.07) is 29.5. The van der Waals surface area contributed by atoms with Gasteiger partial charge in [-0.2, -0.15) is 0 Å². The Bertz CT molecular complexity index is 860. The van der Waals surface area contributed by atoms with E-state index in [-0.39, 0.29) is 16.0 Å². The van der Waals surface area contributed by atoms with Crippen LogP contribution in [0.5, 0.6) is 0 Å². The molecule has 4 rings (SSSR count). The summed E-state index contributed by atoms with van der Waals surface area (Å²) in [4.78, 5) is 12.7. The van der Waals surface area contributed by atoms with Crippen LogP contribution in [-0.2, 0) is 23.1 Å². The summed E-state index contributed by atoms with van der Waals surface area (Å²) in [5.74, 6) is 0.274. The van der Waals surface area contributed by atoms with E-state index in [0.717, 1.165) is 18.4 Å². The second-order valence-corrected chi connectivity index (χ2v) is 8.11. The summed E-state index contributed by atoms with van der Waals surface area (Å²) in [5, 5.41) is 0. The van der Waals surface area contributed by atoms with E-state index in [1.165, 1.54) is 16.7 Å². The first-order chi connectivity index (χ1) is 12.7. The lowest BCUT2D eigenvalue weighted by atomic mass is 9.63. The summed E-state index contributed by atoms with van der Waals surface area (Å²) < 4.78 is 0. The Balaban J connectivity index is 1.85. The van der Waals surface area contributed by atoms with Crippen LogP contribution in [0.1, 0.15) is 33.5 Å². The van der Waals surface area contributed by atoms with Crippen LogP contribution in [0.4, 0.5) is 0 Å². The molecule has 0 bridgehead atoms. The molecule has 3 aromatic rings. The minimum atomic E-state index is -0.208. The lowest BCUT2D eigenvalue weighted by Gasteiger charge is -2.41. The highest BCUT2D eigenvalue weighted by Crippen LogP contribution is 2.47. The Morgan fingerprint density at radius 2 is 1.27 bits per heavy atom. The Morgan fingerprint density at radius 3 is 1.85 bits per heavy atom. The van der Waals surface area contributed by atoms with E-state index in [9.17, 15) is 4.79 Å². The maximum Gasteiger partial charge on any atom is 0.151 e. The lowest BCUT2D eigenvalue weighted by Crippen LogP contribution is -2.40. The number of halogens is 1. The summed E-state index contributed by atoms with van der Waals surface area (Å²) in [5.41, 5.74) is 4.77. The molecule has 0 spiro atoms. The van der Waals surface area contributed by atoms with Crippen molar-refractivity contribution >= 4 is 21.7 Å². The SMILES string of the molecule is O=C1CC(Cc2ccccc2)(Cc2ccccc2)c2ccccc2C1Br. The molecular weight excluding hydrogens is 384 g/mol. The molecule has 1 unspecified atom stereocenters. The predicted octanol–water partition coefficient (Wildman–Crippen LogP) is 5.82. The number of benzene rings is 3. The molecule has 2 heteroatoms. The summed E-state index contributed by atoms with van der Waals surface area (Å²) in [6.45, 7) is 0. The maximum atomic E-state index is 12.9. The number of carbonyl (C=O) groups excluding carboxylic acids is 1. The van der Waals surface area contributed by atoms with Crippen LogP contribution >= 0.6 is 15.9 Å². The Hall–Kier alpha value is -2.19. The molecule has 26 heavy (non-hydrogen) atoms. The average molecular weight is 405 g/mol. The monoisotopic (exact) mass is 404 g/mol. The second kappa shape index (κ2) is 7.20. The van der Waals surface area contributed by atoms with Crippen molar-refractivity contribution < 1.29 is 4.79 Å². The number of rotatable bonds is 4. The van der Waals surface area contributed by atoms with E-state index in [4.69, 9.17) is 0 Å². The van der Waals surface area contributed by atoms with Crippen molar-refractivity contribution in [2.24, 2.45) is 0 Å². The molecule has 1 aliphatic carbocycles. The van der Waals surface area contributed by atoms with Gasteiger partial charge in [-0.3, -0.25) is 4.79 Å². The Morgan fingerprint density at radius 1 is 0.769 bits per heavy atom. The first kappa shape index (κ1) is 17.2. The highest BCUT2D eigenvalue weighted by molar-refractivity contribution is 9.09. The molecule has 0 amide bonds. The average Bonchev–Trinajstić information content (AvgIpc) is 2.68. The highest BCUT2D eigenvalue weighted by atomic mass is 79.9. The Kier molecular flexibility index (Phi) is 4.78.